The number of benzene rings is 7. The van der Waals surface area contributed by atoms with E-state index in [0.29, 0.717) is 5.56 Å². The molecular weight excluding hydrogens is 675 g/mol. The van der Waals surface area contributed by atoms with Crippen molar-refractivity contribution >= 4 is 82.6 Å². The van der Waals surface area contributed by atoms with Gasteiger partial charge < -0.3 is 18.0 Å². The number of aryl methyl sites for hydroxylation is 1. The third-order valence-corrected chi connectivity index (χ3v) is 11.1. The Hall–Kier alpha value is -7.55. The predicted octanol–water partition coefficient (Wildman–Crippen LogP) is 13.6. The maximum Gasteiger partial charge on any atom is 0.160 e. The van der Waals surface area contributed by atoms with Crippen LogP contribution >= 0.6 is 0 Å². The molecule has 55 heavy (non-hydrogen) atoms. The Bertz CT molecular complexity index is 3480. The molecule has 258 valence electrons. The van der Waals surface area contributed by atoms with Crippen molar-refractivity contribution in [2.24, 2.45) is 0 Å². The van der Waals surface area contributed by atoms with Crippen molar-refractivity contribution in [3.8, 4) is 28.6 Å². The van der Waals surface area contributed by atoms with E-state index < -0.39 is 0 Å². The van der Waals surface area contributed by atoms with E-state index in [4.69, 9.17) is 8.83 Å². The van der Waals surface area contributed by atoms with Crippen LogP contribution in [0.15, 0.2) is 167 Å². The number of fused-ring (bicyclic) bond motifs is 12. The number of furan rings is 2. The van der Waals surface area contributed by atoms with Crippen LogP contribution in [0.4, 0.5) is 0 Å². The summed E-state index contributed by atoms with van der Waals surface area (Å²) in [5.74, 6) is 0.855. The average molecular weight is 706 g/mol. The minimum Gasteiger partial charge on any atom is -0.458 e. The number of nitrogens with zero attached hydrogens (tertiary/aromatic N) is 3. The van der Waals surface area contributed by atoms with E-state index in [1.54, 1.807) is 6.08 Å². The summed E-state index contributed by atoms with van der Waals surface area (Å²) in [6, 6.07) is 50.9. The van der Waals surface area contributed by atoms with E-state index in [1.807, 2.05) is 43.3 Å². The highest BCUT2D eigenvalue weighted by Gasteiger charge is 2.24. The highest BCUT2D eigenvalue weighted by molar-refractivity contribution is 6.22. The molecule has 0 atom stereocenters. The molecule has 0 saturated heterocycles. The fourth-order valence-electron chi connectivity index (χ4n) is 8.76. The maximum atomic E-state index is 10.8. The number of nitriles is 1. The Balaban J connectivity index is 1.21. The van der Waals surface area contributed by atoms with Gasteiger partial charge in [0.1, 0.15) is 17.4 Å². The summed E-state index contributed by atoms with van der Waals surface area (Å²) in [6.45, 7) is 5.89. The molecule has 0 radical (unpaired) electrons. The summed E-state index contributed by atoms with van der Waals surface area (Å²) >= 11 is 0. The third-order valence-electron chi connectivity index (χ3n) is 11.1. The topological polar surface area (TPSA) is 59.9 Å². The van der Waals surface area contributed by atoms with Crippen LogP contribution in [0.1, 0.15) is 16.9 Å². The van der Waals surface area contributed by atoms with Gasteiger partial charge in [0.2, 0.25) is 0 Å². The fraction of sp³-hybridized carbons (Fsp3) is 0.0200. The number of allylic oxidation sites excluding steroid dienone is 2. The lowest BCUT2D eigenvalue weighted by molar-refractivity contribution is 0.579. The summed E-state index contributed by atoms with van der Waals surface area (Å²) in [5, 5.41) is 18.4. The molecule has 0 amide bonds. The van der Waals surface area contributed by atoms with E-state index >= 15 is 0 Å². The number of rotatable bonds is 5. The van der Waals surface area contributed by atoms with Crippen molar-refractivity contribution in [1.29, 1.82) is 5.26 Å². The van der Waals surface area contributed by atoms with Crippen molar-refractivity contribution in [2.45, 2.75) is 6.92 Å². The van der Waals surface area contributed by atoms with Crippen LogP contribution in [-0.4, -0.2) is 9.13 Å². The first-order valence-electron chi connectivity index (χ1n) is 18.4. The van der Waals surface area contributed by atoms with Gasteiger partial charge >= 0.3 is 0 Å². The van der Waals surface area contributed by atoms with Crippen molar-refractivity contribution in [3.63, 3.8) is 0 Å². The summed E-state index contributed by atoms with van der Waals surface area (Å²) < 4.78 is 17.8. The largest absolute Gasteiger partial charge is 0.458 e. The van der Waals surface area contributed by atoms with Crippen LogP contribution in [0, 0.1) is 18.3 Å². The monoisotopic (exact) mass is 705 g/mol. The molecule has 11 rings (SSSR count). The van der Waals surface area contributed by atoms with Crippen molar-refractivity contribution in [3.05, 3.63) is 175 Å². The molecule has 4 aromatic heterocycles. The molecule has 0 fully saturated rings. The van der Waals surface area contributed by atoms with E-state index in [-0.39, 0.29) is 0 Å². The molecular formula is C50H31N3O2. The zero-order chi connectivity index (χ0) is 36.8. The first-order chi connectivity index (χ1) is 27.1. The van der Waals surface area contributed by atoms with Crippen LogP contribution in [0.3, 0.4) is 0 Å². The Labute approximate surface area is 315 Å². The van der Waals surface area contributed by atoms with Gasteiger partial charge in [-0.05, 0) is 61.0 Å². The number of para-hydroxylation sites is 4. The minimum atomic E-state index is 0.573. The zero-order valence-corrected chi connectivity index (χ0v) is 29.9. The third kappa shape index (κ3) is 4.34. The smallest absolute Gasteiger partial charge is 0.160 e. The van der Waals surface area contributed by atoms with E-state index in [9.17, 15) is 5.26 Å². The molecule has 0 aliphatic rings. The second-order valence-corrected chi connectivity index (χ2v) is 14.0. The zero-order valence-electron chi connectivity index (χ0n) is 29.9. The van der Waals surface area contributed by atoms with Gasteiger partial charge in [-0.25, -0.2) is 0 Å². The van der Waals surface area contributed by atoms with E-state index in [1.165, 1.54) is 0 Å². The van der Waals surface area contributed by atoms with Crippen molar-refractivity contribution < 1.29 is 8.83 Å². The number of hydrogen-bond acceptors (Lipinski definition) is 3. The van der Waals surface area contributed by atoms with Crippen LogP contribution < -0.4 is 0 Å². The van der Waals surface area contributed by atoms with E-state index in [0.717, 1.165) is 110 Å². The number of aromatic nitrogens is 2. The lowest BCUT2D eigenvalue weighted by Crippen LogP contribution is -2.02. The Morgan fingerprint density at radius 3 is 2.00 bits per heavy atom. The summed E-state index contributed by atoms with van der Waals surface area (Å²) in [5.41, 5.74) is 11.9. The standard InChI is InChI=1S/C50H31N3O2/c1-3-4-16-34-30(2)54-49-41(34)26-24-39-36-17-5-8-21-43(36)52(47(39)49)33-15-11-13-31(28-33)35-20-12-14-32(29-51)46(35)53-44-22-9-6-18-37(44)40-25-27-42-38-19-7-10-23-45(38)55-50(42)48(40)53/h3-28H,1H2,2H3/b16-4-. The van der Waals surface area contributed by atoms with Crippen molar-refractivity contribution in [2.75, 3.05) is 0 Å². The first kappa shape index (κ1) is 31.0. The van der Waals surface area contributed by atoms with Gasteiger partial charge in [-0.15, -0.1) is 0 Å². The summed E-state index contributed by atoms with van der Waals surface area (Å²) in [7, 11) is 0. The molecule has 0 aliphatic heterocycles. The molecule has 7 aromatic carbocycles. The molecule has 4 heterocycles. The Morgan fingerprint density at radius 1 is 0.600 bits per heavy atom. The summed E-state index contributed by atoms with van der Waals surface area (Å²) in [6.07, 6.45) is 5.79. The molecule has 0 bridgehead atoms. The fourth-order valence-corrected chi connectivity index (χ4v) is 8.76. The second-order valence-electron chi connectivity index (χ2n) is 14.0. The second kappa shape index (κ2) is 11.7. The van der Waals surface area contributed by atoms with Crippen LogP contribution in [-0.2, 0) is 0 Å². The normalized spacial score (nSPS) is 12.1. The molecule has 11 aromatic rings. The molecule has 0 aliphatic carbocycles. The summed E-state index contributed by atoms with van der Waals surface area (Å²) in [4.78, 5) is 0. The van der Waals surface area contributed by atoms with Gasteiger partial charge in [-0.2, -0.15) is 5.26 Å². The molecule has 0 spiro atoms. The van der Waals surface area contributed by atoms with Crippen molar-refractivity contribution in [1.82, 2.24) is 9.13 Å². The van der Waals surface area contributed by atoms with Crippen LogP contribution in [0.5, 0.6) is 0 Å². The highest BCUT2D eigenvalue weighted by atomic mass is 16.3. The van der Waals surface area contributed by atoms with Gasteiger partial charge in [0.05, 0.1) is 33.3 Å². The molecule has 0 saturated carbocycles. The SMILES string of the molecule is C=C/C=C\c1c(C)oc2c1ccc1c3ccccc3n(-c3cccc(-c4cccc(C#N)c4-n4c5ccccc5c5ccc6c7ccccc7oc6c54)c3)c12. The molecule has 5 heteroatoms. The van der Waals surface area contributed by atoms with Crippen LogP contribution in [0.2, 0.25) is 0 Å². The molecule has 0 N–H and O–H groups in total. The van der Waals surface area contributed by atoms with Gasteiger partial charge in [-0.3, -0.25) is 0 Å². The minimum absolute atomic E-state index is 0.573. The van der Waals surface area contributed by atoms with Gasteiger partial charge in [0.25, 0.3) is 0 Å². The number of hydrogen-bond donors (Lipinski definition) is 0. The lowest BCUT2D eigenvalue weighted by Gasteiger charge is -2.17. The van der Waals surface area contributed by atoms with Crippen LogP contribution in [0.25, 0.3) is 105 Å². The maximum absolute atomic E-state index is 10.8. The molecule has 5 nitrogen and oxygen atoms in total. The quantitative estimate of drug-likeness (QED) is 0.168. The van der Waals surface area contributed by atoms with Gasteiger partial charge in [-0.1, -0.05) is 116 Å². The predicted molar refractivity (Wildman–Crippen MR) is 226 cm³/mol. The Kier molecular flexibility index (Phi) is 6.61. The first-order valence-corrected chi connectivity index (χ1v) is 18.4. The average Bonchev–Trinajstić information content (AvgIpc) is 3.97. The van der Waals surface area contributed by atoms with Gasteiger partial charge in [0.15, 0.2) is 11.2 Å². The highest BCUT2D eigenvalue weighted by Crippen LogP contribution is 2.44. The van der Waals surface area contributed by atoms with E-state index in [2.05, 4.69) is 137 Å². The molecule has 0 unspecified atom stereocenters. The lowest BCUT2D eigenvalue weighted by atomic mass is 9.99. The Morgan fingerprint density at radius 2 is 1.24 bits per heavy atom. The van der Waals surface area contributed by atoms with Gasteiger partial charge in [0, 0.05) is 54.5 Å².